The van der Waals surface area contributed by atoms with E-state index in [1.165, 1.54) is 38.5 Å². The van der Waals surface area contributed by atoms with Gasteiger partial charge < -0.3 is 5.32 Å². The van der Waals surface area contributed by atoms with Crippen molar-refractivity contribution in [1.82, 2.24) is 4.90 Å². The minimum atomic E-state index is 0.0254. The summed E-state index contributed by atoms with van der Waals surface area (Å²) in [5, 5.41) is 3.53. The van der Waals surface area contributed by atoms with Crippen LogP contribution < -0.4 is 5.32 Å². The van der Waals surface area contributed by atoms with Crippen molar-refractivity contribution < 1.29 is 4.79 Å². The lowest BCUT2D eigenvalue weighted by atomic mass is 9.52. The fourth-order valence-electron chi connectivity index (χ4n) is 5.70. The molecule has 0 spiro atoms. The van der Waals surface area contributed by atoms with Gasteiger partial charge in [0.15, 0.2) is 0 Å². The topological polar surface area (TPSA) is 32.3 Å². The van der Waals surface area contributed by atoms with Crippen LogP contribution in [0.1, 0.15) is 38.5 Å². The van der Waals surface area contributed by atoms with Crippen LogP contribution in [0.4, 0.5) is 5.69 Å². The van der Waals surface area contributed by atoms with Crippen molar-refractivity contribution in [3.05, 3.63) is 27.7 Å². The Hall–Kier alpha value is -0.580. The van der Waals surface area contributed by atoms with Crippen LogP contribution in [-0.4, -0.2) is 29.9 Å². The number of carbonyl (C=O) groups is 1. The normalized spacial score (nSPS) is 33.9. The average molecular weight is 412 g/mol. The summed E-state index contributed by atoms with van der Waals surface area (Å²) < 4.78 is 0.913. The van der Waals surface area contributed by atoms with Crippen LogP contribution >= 0.6 is 27.5 Å². The van der Waals surface area contributed by atoms with Crippen LogP contribution in [0.15, 0.2) is 22.7 Å². The lowest BCUT2D eigenvalue weighted by Crippen LogP contribution is -2.59. The lowest BCUT2D eigenvalue weighted by molar-refractivity contribution is -0.123. The third-order valence-corrected chi connectivity index (χ3v) is 7.21. The number of hydrogen-bond acceptors (Lipinski definition) is 2. The molecule has 1 aromatic rings. The molecule has 0 heterocycles. The maximum atomic E-state index is 12.5. The summed E-state index contributed by atoms with van der Waals surface area (Å²) in [5.74, 6) is 2.70. The van der Waals surface area contributed by atoms with Crippen LogP contribution in [-0.2, 0) is 4.79 Å². The molecule has 5 heteroatoms. The van der Waals surface area contributed by atoms with Gasteiger partial charge in [0.05, 0.1) is 17.3 Å². The Kier molecular flexibility index (Phi) is 4.42. The van der Waals surface area contributed by atoms with E-state index in [2.05, 4.69) is 33.2 Å². The molecule has 1 N–H and O–H groups in total. The molecule has 3 nitrogen and oxygen atoms in total. The molecule has 0 aliphatic heterocycles. The smallest absolute Gasteiger partial charge is 0.238 e. The maximum Gasteiger partial charge on any atom is 0.238 e. The second-order valence-electron chi connectivity index (χ2n) is 8.17. The van der Waals surface area contributed by atoms with Crippen LogP contribution in [0.5, 0.6) is 0 Å². The van der Waals surface area contributed by atoms with Crippen molar-refractivity contribution in [2.75, 3.05) is 18.9 Å². The van der Waals surface area contributed by atoms with E-state index in [0.29, 0.717) is 17.3 Å². The quantitative estimate of drug-likeness (QED) is 0.761. The van der Waals surface area contributed by atoms with Crippen molar-refractivity contribution in [2.24, 2.45) is 17.8 Å². The van der Waals surface area contributed by atoms with Crippen molar-refractivity contribution in [1.29, 1.82) is 0 Å². The molecule has 0 saturated heterocycles. The van der Waals surface area contributed by atoms with Crippen molar-refractivity contribution >= 4 is 39.1 Å². The number of likely N-dealkylation sites (N-methyl/N-ethyl adjacent to an activating group) is 1. The zero-order valence-corrected chi connectivity index (χ0v) is 16.4. The van der Waals surface area contributed by atoms with E-state index in [4.69, 9.17) is 11.6 Å². The molecule has 4 saturated carbocycles. The number of hydrogen-bond donors (Lipinski definition) is 1. The van der Waals surface area contributed by atoms with Gasteiger partial charge in [-0.15, -0.1) is 0 Å². The lowest BCUT2D eigenvalue weighted by Gasteiger charge is -2.59. The molecule has 24 heavy (non-hydrogen) atoms. The molecule has 5 rings (SSSR count). The van der Waals surface area contributed by atoms with E-state index in [1.54, 1.807) is 6.07 Å². The molecule has 4 fully saturated rings. The molecule has 4 aliphatic rings. The largest absolute Gasteiger partial charge is 0.324 e. The van der Waals surface area contributed by atoms with E-state index < -0.39 is 0 Å². The molecule has 4 aliphatic carbocycles. The molecular formula is C19H24BrClN2O. The molecule has 0 unspecified atom stereocenters. The predicted molar refractivity (Wildman–Crippen MR) is 101 cm³/mol. The van der Waals surface area contributed by atoms with Gasteiger partial charge in [-0.25, -0.2) is 0 Å². The number of anilines is 1. The SMILES string of the molecule is CN(CC(=O)Nc1ccc(Br)cc1Cl)C12CC3CC(CC(C3)C1)C2. The Balaban J connectivity index is 1.42. The van der Waals surface area contributed by atoms with E-state index in [-0.39, 0.29) is 11.4 Å². The van der Waals surface area contributed by atoms with E-state index in [1.807, 2.05) is 12.1 Å². The monoisotopic (exact) mass is 410 g/mol. The van der Waals surface area contributed by atoms with Gasteiger partial charge in [-0.05, 0) is 81.5 Å². The Morgan fingerprint density at radius 3 is 2.38 bits per heavy atom. The van der Waals surface area contributed by atoms with Crippen molar-refractivity contribution in [3.8, 4) is 0 Å². The molecule has 1 amide bonds. The van der Waals surface area contributed by atoms with Crippen LogP contribution in [0.2, 0.25) is 5.02 Å². The highest BCUT2D eigenvalue weighted by Gasteiger charge is 2.52. The number of nitrogens with one attached hydrogen (secondary N) is 1. The van der Waals surface area contributed by atoms with Gasteiger partial charge in [0, 0.05) is 10.0 Å². The summed E-state index contributed by atoms with van der Waals surface area (Å²) in [4.78, 5) is 14.9. The standard InChI is InChI=1S/C19H24BrClN2O/c1-23(11-18(24)22-17-3-2-15(20)7-16(17)21)19-8-12-4-13(9-19)6-14(5-12)10-19/h2-3,7,12-14H,4-6,8-11H2,1H3,(H,22,24). The minimum absolute atomic E-state index is 0.0254. The van der Waals surface area contributed by atoms with Crippen molar-refractivity contribution in [3.63, 3.8) is 0 Å². The number of amides is 1. The van der Waals surface area contributed by atoms with Crippen LogP contribution in [0, 0.1) is 17.8 Å². The van der Waals surface area contributed by atoms with E-state index in [0.717, 1.165) is 22.2 Å². The summed E-state index contributed by atoms with van der Waals surface area (Å²) in [5.41, 5.74) is 0.944. The van der Waals surface area contributed by atoms with Crippen LogP contribution in [0.3, 0.4) is 0 Å². The molecule has 0 radical (unpaired) electrons. The van der Waals surface area contributed by atoms with Gasteiger partial charge in [-0.3, -0.25) is 9.69 Å². The summed E-state index contributed by atoms with van der Waals surface area (Å²) in [6, 6.07) is 5.54. The highest BCUT2D eigenvalue weighted by Crippen LogP contribution is 2.57. The predicted octanol–water partition coefficient (Wildman–Crippen LogP) is 4.94. The Morgan fingerprint density at radius 1 is 1.25 bits per heavy atom. The summed E-state index contributed by atoms with van der Waals surface area (Å²) in [7, 11) is 2.13. The van der Waals surface area contributed by atoms with Gasteiger partial charge in [-0.1, -0.05) is 27.5 Å². The van der Waals surface area contributed by atoms with Crippen LogP contribution in [0.25, 0.3) is 0 Å². The first kappa shape index (κ1) is 16.9. The maximum absolute atomic E-state index is 12.5. The summed E-state index contributed by atoms with van der Waals surface area (Å²) in [6.07, 6.45) is 8.11. The number of benzene rings is 1. The molecular weight excluding hydrogens is 388 g/mol. The summed E-state index contributed by atoms with van der Waals surface area (Å²) in [6.45, 7) is 0.443. The van der Waals surface area contributed by atoms with Gasteiger partial charge in [0.1, 0.15) is 0 Å². The van der Waals surface area contributed by atoms with Gasteiger partial charge in [0.25, 0.3) is 0 Å². The molecule has 0 aromatic heterocycles. The second kappa shape index (κ2) is 6.30. The molecule has 130 valence electrons. The number of carbonyl (C=O) groups excluding carboxylic acids is 1. The molecule has 0 atom stereocenters. The number of halogens is 2. The molecule has 4 bridgehead atoms. The highest BCUT2D eigenvalue weighted by molar-refractivity contribution is 9.10. The molecule has 1 aromatic carbocycles. The first-order valence-corrected chi connectivity index (χ1v) is 10.1. The minimum Gasteiger partial charge on any atom is -0.324 e. The Bertz CT molecular complexity index is 627. The van der Waals surface area contributed by atoms with E-state index >= 15 is 0 Å². The highest BCUT2D eigenvalue weighted by atomic mass is 79.9. The third kappa shape index (κ3) is 3.13. The average Bonchev–Trinajstić information content (AvgIpc) is 2.48. The van der Waals surface area contributed by atoms with E-state index in [9.17, 15) is 4.79 Å². The number of rotatable bonds is 4. The fourth-order valence-corrected chi connectivity index (χ4v) is 6.42. The number of nitrogens with zero attached hydrogens (tertiary/aromatic N) is 1. The first-order chi connectivity index (χ1) is 11.4. The van der Waals surface area contributed by atoms with Gasteiger partial charge in [0.2, 0.25) is 5.91 Å². The zero-order valence-electron chi connectivity index (χ0n) is 14.0. The Labute approximate surface area is 157 Å². The fraction of sp³-hybridized carbons (Fsp3) is 0.632. The van der Waals surface area contributed by atoms with Gasteiger partial charge >= 0.3 is 0 Å². The van der Waals surface area contributed by atoms with Crippen molar-refractivity contribution in [2.45, 2.75) is 44.1 Å². The Morgan fingerprint density at radius 2 is 1.83 bits per heavy atom. The third-order valence-electron chi connectivity index (χ3n) is 6.40. The zero-order chi connectivity index (χ0) is 16.9. The van der Waals surface area contributed by atoms with Gasteiger partial charge in [-0.2, -0.15) is 0 Å². The second-order valence-corrected chi connectivity index (χ2v) is 9.49. The first-order valence-electron chi connectivity index (χ1n) is 8.90. The summed E-state index contributed by atoms with van der Waals surface area (Å²) >= 11 is 9.60.